The van der Waals surface area contributed by atoms with Gasteiger partial charge in [-0.15, -0.1) is 12.4 Å². The summed E-state index contributed by atoms with van der Waals surface area (Å²) in [6, 6.07) is 5.97. The highest BCUT2D eigenvalue weighted by atomic mass is 35.6. The highest BCUT2D eigenvalue weighted by Gasteiger charge is 2.17. The van der Waals surface area contributed by atoms with E-state index in [-0.39, 0.29) is 43.3 Å². The second kappa shape index (κ2) is 32.7. The fourth-order valence-electron chi connectivity index (χ4n) is 2.16. The van der Waals surface area contributed by atoms with Crippen molar-refractivity contribution in [3.63, 3.8) is 0 Å². The minimum Gasteiger partial charge on any atom is -0.424 e. The maximum absolute atomic E-state index is 11.4. The van der Waals surface area contributed by atoms with Gasteiger partial charge in [-0.05, 0) is 26.0 Å². The number of halogens is 4. The number of carbonyl (C=O) groups is 3. The van der Waals surface area contributed by atoms with Crippen molar-refractivity contribution in [3.8, 4) is 11.9 Å². The summed E-state index contributed by atoms with van der Waals surface area (Å²) in [4.78, 5) is 36.9. The van der Waals surface area contributed by atoms with E-state index >= 15 is 0 Å². The van der Waals surface area contributed by atoms with Gasteiger partial charge in [-0.3, -0.25) is 9.79 Å². The number of aliphatic hydroxyl groups is 2. The molecule has 0 aliphatic heterocycles. The molecule has 4 N–H and O–H groups in total. The number of hydrogen-bond donors (Lipinski definition) is 3. The van der Waals surface area contributed by atoms with Crippen molar-refractivity contribution in [1.82, 2.24) is 0 Å². The molecule has 2 aromatic rings. The first-order valence-electron chi connectivity index (χ1n) is 13.5. The average Bonchev–Trinajstić information content (AvgIpc) is 3.67. The predicted molar refractivity (Wildman–Crippen MR) is 173 cm³/mol. The van der Waals surface area contributed by atoms with Gasteiger partial charge in [0.25, 0.3) is 11.9 Å². The first kappa shape index (κ1) is 45.8. The Hall–Kier alpha value is -2.28. The zero-order valence-electron chi connectivity index (χ0n) is 26.7. The average molecular weight is 745 g/mol. The van der Waals surface area contributed by atoms with Crippen LogP contribution in [-0.2, 0) is 28.5 Å². The van der Waals surface area contributed by atoms with Gasteiger partial charge in [-0.1, -0.05) is 34.8 Å². The maximum Gasteiger partial charge on any atom is 0.342 e. The monoisotopic (exact) mass is 743 g/mol. The van der Waals surface area contributed by atoms with Crippen LogP contribution in [0.4, 0.5) is 0 Å². The number of carbonyl (C=O) groups excluding carboxylic acids is 3. The van der Waals surface area contributed by atoms with Gasteiger partial charge >= 0.3 is 11.9 Å². The van der Waals surface area contributed by atoms with Crippen LogP contribution in [0.1, 0.15) is 31.5 Å². The topological polar surface area (TPSA) is 212 Å². The van der Waals surface area contributed by atoms with Gasteiger partial charge in [-0.25, -0.2) is 9.59 Å². The van der Waals surface area contributed by atoms with Crippen molar-refractivity contribution in [2.75, 3.05) is 67.0 Å². The van der Waals surface area contributed by atoms with Crippen molar-refractivity contribution in [1.29, 1.82) is 0 Å². The Morgan fingerprint density at radius 2 is 1.33 bits per heavy atom. The molecule has 0 spiro atoms. The number of nitrogens with zero attached hydrogens (tertiary/aromatic N) is 1. The highest BCUT2D eigenvalue weighted by molar-refractivity contribution is 6.63. The van der Waals surface area contributed by atoms with Crippen molar-refractivity contribution in [2.24, 2.45) is 10.7 Å². The van der Waals surface area contributed by atoms with Gasteiger partial charge in [0.15, 0.2) is 28.5 Å². The summed E-state index contributed by atoms with van der Waals surface area (Å²) in [6.07, 6.45) is 0.719. The Bertz CT molecular complexity index is 1090. The van der Waals surface area contributed by atoms with E-state index < -0.39 is 28.4 Å². The molecule has 0 aromatic carbocycles. The van der Waals surface area contributed by atoms with Crippen molar-refractivity contribution < 1.29 is 63.2 Å². The molecule has 15 nitrogen and oxygen atoms in total. The lowest BCUT2D eigenvalue weighted by molar-refractivity contribution is -0.146. The van der Waals surface area contributed by atoms with E-state index in [1.807, 2.05) is 0 Å². The number of alkyl halides is 3. The Balaban J connectivity index is -0.000000620. The number of methoxy groups -OCH3 is 2. The molecule has 266 valence electrons. The lowest BCUT2D eigenvalue weighted by atomic mass is 10.4. The summed E-state index contributed by atoms with van der Waals surface area (Å²) >= 11 is 14.2. The Morgan fingerprint density at radius 3 is 1.72 bits per heavy atom. The SMILES string of the molecule is CO[C@@H](C)C(=O)Oc1ccc(C=NCCOCCO)o1.CO[C@@H](C)C(=O)Oc1ccc(C=O)o1.Cl.NCCOCCO.[2H]C(Cl)(Cl)Cl. The summed E-state index contributed by atoms with van der Waals surface area (Å²) in [5.41, 5.74) is 5.06. The third kappa shape index (κ3) is 28.0. The second-order valence-electron chi connectivity index (χ2n) is 7.74. The molecular formula is C27H42Cl4N2O13. The third-order valence-corrected chi connectivity index (χ3v) is 4.41. The molecule has 2 aromatic heterocycles. The summed E-state index contributed by atoms with van der Waals surface area (Å²) in [7, 11) is 2.82. The third-order valence-electron chi connectivity index (χ3n) is 4.41. The van der Waals surface area contributed by atoms with Gasteiger partial charge in [0, 0.05) is 32.9 Å². The van der Waals surface area contributed by atoms with Gasteiger partial charge in [0.1, 0.15) is 5.76 Å². The molecule has 0 unspecified atom stereocenters. The number of hydrogen-bond acceptors (Lipinski definition) is 15. The lowest BCUT2D eigenvalue weighted by Gasteiger charge is -2.06. The molecule has 2 atom stereocenters. The zero-order valence-corrected chi connectivity index (χ0v) is 28.8. The Morgan fingerprint density at radius 1 is 0.891 bits per heavy atom. The molecule has 0 saturated heterocycles. The van der Waals surface area contributed by atoms with Crippen LogP contribution in [0, 0.1) is 0 Å². The number of aliphatic hydroxyl groups excluding tert-OH is 2. The normalized spacial score (nSPS) is 12.0. The number of nitrogens with two attached hydrogens (primary N) is 1. The number of aliphatic imine (C=N–C) groups is 1. The first-order chi connectivity index (χ1) is 21.8. The standard InChI is InChI=1S/C13H19NO6.C9H10O5.C4H11NO2.CHCl3.ClH/c1-10(17-2)13(16)20-12-4-3-11(19-12)9-14-5-7-18-8-6-15;1-6(12-2)9(11)14-8-4-3-7(5-10)13-8;5-1-3-7-4-2-6;2-1(3)4;/h3-4,9-10,15H,5-8H2,1-2H3;3-6H,1-2H3;6H,1-5H2;1H;1H/t10-;6-;;;/m00.../s1/i;;;1D;. The fraction of sp³-hybridized carbons (Fsp3) is 0.556. The van der Waals surface area contributed by atoms with E-state index in [4.69, 9.17) is 89.4 Å². The first-order valence-corrected chi connectivity index (χ1v) is 14.2. The van der Waals surface area contributed by atoms with E-state index in [1.54, 1.807) is 19.9 Å². The molecule has 19 heteroatoms. The largest absolute Gasteiger partial charge is 0.424 e. The van der Waals surface area contributed by atoms with Crippen LogP contribution in [0.2, 0.25) is 0 Å². The molecular weight excluding hydrogens is 702 g/mol. The lowest BCUT2D eigenvalue weighted by Crippen LogP contribution is -2.24. The zero-order chi connectivity index (χ0) is 35.4. The molecule has 0 saturated carbocycles. The van der Waals surface area contributed by atoms with Crippen LogP contribution in [0.25, 0.3) is 0 Å². The summed E-state index contributed by atoms with van der Waals surface area (Å²) in [5.74, 6) is -0.433. The Kier molecular flexibility index (Phi) is 32.5. The number of esters is 2. The van der Waals surface area contributed by atoms with Crippen molar-refractivity contribution in [3.05, 3.63) is 35.8 Å². The van der Waals surface area contributed by atoms with Crippen LogP contribution in [0.15, 0.2) is 38.1 Å². The number of furan rings is 2. The van der Waals surface area contributed by atoms with E-state index in [9.17, 15) is 14.4 Å². The number of aldehydes is 1. The van der Waals surface area contributed by atoms with Crippen molar-refractivity contribution >= 4 is 71.6 Å². The molecule has 0 aliphatic rings. The van der Waals surface area contributed by atoms with E-state index in [2.05, 4.69) is 4.99 Å². The quantitative estimate of drug-likeness (QED) is 0.0699. The Labute approximate surface area is 289 Å². The van der Waals surface area contributed by atoms with Crippen LogP contribution in [0.3, 0.4) is 0 Å². The molecule has 2 rings (SSSR count). The number of rotatable bonds is 17. The number of ether oxygens (including phenoxy) is 6. The van der Waals surface area contributed by atoms with E-state index in [0.29, 0.717) is 51.6 Å². The van der Waals surface area contributed by atoms with Crippen molar-refractivity contribution in [2.45, 2.75) is 30.3 Å². The van der Waals surface area contributed by atoms with Crippen LogP contribution in [0.5, 0.6) is 11.9 Å². The van der Waals surface area contributed by atoms with Gasteiger partial charge in [0.2, 0.25) is 0 Å². The van der Waals surface area contributed by atoms with E-state index in [0.717, 1.165) is 0 Å². The van der Waals surface area contributed by atoms with Gasteiger partial charge in [-0.2, -0.15) is 0 Å². The molecule has 46 heavy (non-hydrogen) atoms. The summed E-state index contributed by atoms with van der Waals surface area (Å²) in [5, 5.41) is 16.6. The minimum atomic E-state index is -1.83. The second-order valence-corrected chi connectivity index (χ2v) is 9.45. The molecule has 0 radical (unpaired) electrons. The smallest absolute Gasteiger partial charge is 0.342 e. The minimum absolute atomic E-state index is 0. The molecule has 0 aliphatic carbocycles. The fourth-order valence-corrected chi connectivity index (χ4v) is 2.16. The molecule has 0 bridgehead atoms. The summed E-state index contributed by atoms with van der Waals surface area (Å²) in [6.45, 7) is 5.86. The molecule has 0 amide bonds. The molecule has 0 fully saturated rings. The van der Waals surface area contributed by atoms with Gasteiger partial charge < -0.3 is 53.2 Å². The van der Waals surface area contributed by atoms with Crippen LogP contribution >= 0.6 is 47.2 Å². The van der Waals surface area contributed by atoms with Crippen LogP contribution in [-0.4, -0.2) is 118 Å². The summed E-state index contributed by atoms with van der Waals surface area (Å²) < 4.78 is 43.6. The van der Waals surface area contributed by atoms with Gasteiger partial charge in [0.05, 0.1) is 53.8 Å². The van der Waals surface area contributed by atoms with E-state index in [1.165, 1.54) is 38.6 Å². The van der Waals surface area contributed by atoms with Crippen LogP contribution < -0.4 is 15.2 Å². The maximum atomic E-state index is 11.4. The highest BCUT2D eigenvalue weighted by Crippen LogP contribution is 2.16. The molecule has 2 heterocycles. The predicted octanol–water partition coefficient (Wildman–Crippen LogP) is 3.04.